The number of hydrogen-bond acceptors (Lipinski definition) is 3. The van der Waals surface area contributed by atoms with Crippen LogP contribution in [0.3, 0.4) is 0 Å². The fraction of sp³-hybridized carbons (Fsp3) is 0.467. The summed E-state index contributed by atoms with van der Waals surface area (Å²) in [5.41, 5.74) is 2.29. The molecule has 0 bridgehead atoms. The summed E-state index contributed by atoms with van der Waals surface area (Å²) in [6, 6.07) is 5.80. The van der Waals surface area contributed by atoms with Gasteiger partial charge in [-0.05, 0) is 37.1 Å². The van der Waals surface area contributed by atoms with Crippen molar-refractivity contribution in [3.8, 4) is 0 Å². The van der Waals surface area contributed by atoms with E-state index in [4.69, 9.17) is 0 Å². The Morgan fingerprint density at radius 3 is 2.71 bits per heavy atom. The highest BCUT2D eigenvalue weighted by Crippen LogP contribution is 2.23. The highest BCUT2D eigenvalue weighted by Gasteiger charge is 2.40. The van der Waals surface area contributed by atoms with Crippen LogP contribution < -0.4 is 10.6 Å². The first-order valence-electron chi connectivity index (χ1n) is 6.93. The molecule has 1 aromatic rings. The summed E-state index contributed by atoms with van der Waals surface area (Å²) < 4.78 is 0. The van der Waals surface area contributed by atoms with Gasteiger partial charge in [0.15, 0.2) is 0 Å². The zero-order valence-electron chi connectivity index (χ0n) is 12.2. The molecular weight excluding hydrogens is 290 g/mol. The molecule has 114 valence electrons. The predicted molar refractivity (Wildman–Crippen MR) is 82.4 cm³/mol. The molecule has 0 unspecified atom stereocenters. The Morgan fingerprint density at radius 2 is 1.95 bits per heavy atom. The van der Waals surface area contributed by atoms with E-state index in [1.54, 1.807) is 18.7 Å². The van der Waals surface area contributed by atoms with E-state index in [1.807, 2.05) is 18.2 Å². The van der Waals surface area contributed by atoms with Crippen LogP contribution in [0.1, 0.15) is 35.3 Å². The van der Waals surface area contributed by atoms with Crippen molar-refractivity contribution in [1.82, 2.24) is 15.5 Å². The standard InChI is InChI=1S/C15H19N3O2.ClH/c1-15(2)14(20)17-5-6-18(15)13(19)10-3-4-11-8-16-9-12(11)7-10;/h3-4,7,16H,5-6,8-9H2,1-2H3,(H,17,20);1H. The minimum absolute atomic E-state index is 0. The van der Waals surface area contributed by atoms with E-state index in [1.165, 1.54) is 11.1 Å². The maximum Gasteiger partial charge on any atom is 0.254 e. The molecule has 0 atom stereocenters. The van der Waals surface area contributed by atoms with Crippen LogP contribution in [0.15, 0.2) is 18.2 Å². The van der Waals surface area contributed by atoms with Crippen molar-refractivity contribution in [3.05, 3.63) is 34.9 Å². The number of amides is 2. The molecule has 1 fully saturated rings. The summed E-state index contributed by atoms with van der Waals surface area (Å²) in [4.78, 5) is 26.3. The quantitative estimate of drug-likeness (QED) is 0.815. The summed E-state index contributed by atoms with van der Waals surface area (Å²) in [7, 11) is 0. The lowest BCUT2D eigenvalue weighted by Crippen LogP contribution is -2.63. The van der Waals surface area contributed by atoms with Crippen LogP contribution in [-0.4, -0.2) is 35.3 Å². The van der Waals surface area contributed by atoms with Crippen LogP contribution >= 0.6 is 12.4 Å². The molecule has 2 N–H and O–H groups in total. The molecule has 21 heavy (non-hydrogen) atoms. The molecule has 0 spiro atoms. The lowest BCUT2D eigenvalue weighted by atomic mass is 9.97. The number of nitrogens with one attached hydrogen (secondary N) is 2. The Balaban J connectivity index is 0.00000161. The summed E-state index contributed by atoms with van der Waals surface area (Å²) in [5, 5.41) is 6.08. The van der Waals surface area contributed by atoms with Gasteiger partial charge >= 0.3 is 0 Å². The molecule has 5 nitrogen and oxygen atoms in total. The summed E-state index contributed by atoms with van der Waals surface area (Å²) in [5.74, 6) is -0.167. The number of rotatable bonds is 1. The van der Waals surface area contributed by atoms with Crippen LogP contribution in [0.5, 0.6) is 0 Å². The number of nitrogens with zero attached hydrogens (tertiary/aromatic N) is 1. The second-order valence-electron chi connectivity index (χ2n) is 5.86. The molecule has 1 aromatic carbocycles. The van der Waals surface area contributed by atoms with E-state index in [0.29, 0.717) is 18.7 Å². The highest BCUT2D eigenvalue weighted by atomic mass is 35.5. The van der Waals surface area contributed by atoms with Crippen molar-refractivity contribution in [2.45, 2.75) is 32.5 Å². The van der Waals surface area contributed by atoms with E-state index in [-0.39, 0.29) is 24.2 Å². The first kappa shape index (κ1) is 15.8. The molecule has 2 amide bonds. The van der Waals surface area contributed by atoms with Gasteiger partial charge in [0.1, 0.15) is 5.54 Å². The monoisotopic (exact) mass is 309 g/mol. The molecular formula is C15H20ClN3O2. The molecule has 0 aromatic heterocycles. The third-order valence-corrected chi connectivity index (χ3v) is 4.18. The number of carbonyl (C=O) groups excluding carboxylic acids is 2. The largest absolute Gasteiger partial charge is 0.352 e. The molecule has 0 saturated carbocycles. The van der Waals surface area contributed by atoms with Crippen LogP contribution in [0, 0.1) is 0 Å². The van der Waals surface area contributed by atoms with E-state index < -0.39 is 5.54 Å². The SMILES string of the molecule is CC1(C)C(=O)NCCN1C(=O)c1ccc2c(c1)CNC2.Cl. The first-order valence-corrected chi connectivity index (χ1v) is 6.93. The van der Waals surface area contributed by atoms with Gasteiger partial charge in [-0.3, -0.25) is 9.59 Å². The van der Waals surface area contributed by atoms with Gasteiger partial charge in [-0.2, -0.15) is 0 Å². The van der Waals surface area contributed by atoms with Gasteiger partial charge in [-0.25, -0.2) is 0 Å². The summed E-state index contributed by atoms with van der Waals surface area (Å²) >= 11 is 0. The highest BCUT2D eigenvalue weighted by molar-refractivity contribution is 5.99. The second kappa shape index (κ2) is 5.66. The predicted octanol–water partition coefficient (Wildman–Crippen LogP) is 1.06. The van der Waals surface area contributed by atoms with Crippen molar-refractivity contribution < 1.29 is 9.59 Å². The lowest BCUT2D eigenvalue weighted by molar-refractivity contribution is -0.133. The van der Waals surface area contributed by atoms with Gasteiger partial charge in [-0.1, -0.05) is 6.07 Å². The number of fused-ring (bicyclic) bond motifs is 1. The third kappa shape index (κ3) is 2.63. The topological polar surface area (TPSA) is 61.4 Å². The molecule has 0 radical (unpaired) electrons. The van der Waals surface area contributed by atoms with Gasteiger partial charge < -0.3 is 15.5 Å². The number of halogens is 1. The average Bonchev–Trinajstić information content (AvgIpc) is 2.88. The Morgan fingerprint density at radius 1 is 1.24 bits per heavy atom. The Kier molecular flexibility index (Phi) is 4.25. The number of hydrogen-bond donors (Lipinski definition) is 2. The van der Waals surface area contributed by atoms with E-state index in [9.17, 15) is 9.59 Å². The summed E-state index contributed by atoms with van der Waals surface area (Å²) in [6.07, 6.45) is 0. The van der Waals surface area contributed by atoms with Gasteiger partial charge in [-0.15, -0.1) is 12.4 Å². The number of piperazine rings is 1. The van der Waals surface area contributed by atoms with Crippen LogP contribution in [0.2, 0.25) is 0 Å². The minimum atomic E-state index is -0.799. The second-order valence-corrected chi connectivity index (χ2v) is 5.86. The van der Waals surface area contributed by atoms with Crippen molar-refractivity contribution >= 4 is 24.2 Å². The zero-order valence-corrected chi connectivity index (χ0v) is 13.0. The molecule has 1 saturated heterocycles. The molecule has 0 aliphatic carbocycles. The molecule has 3 rings (SSSR count). The van der Waals surface area contributed by atoms with E-state index in [0.717, 1.165) is 13.1 Å². The molecule has 6 heteroatoms. The average molecular weight is 310 g/mol. The van der Waals surface area contributed by atoms with Gasteiger partial charge in [0.25, 0.3) is 5.91 Å². The van der Waals surface area contributed by atoms with Crippen molar-refractivity contribution in [3.63, 3.8) is 0 Å². The molecule has 2 aliphatic rings. The Hall–Kier alpha value is -1.59. The number of benzene rings is 1. The Labute approximate surface area is 130 Å². The van der Waals surface area contributed by atoms with Crippen LogP contribution in [-0.2, 0) is 17.9 Å². The van der Waals surface area contributed by atoms with Crippen LogP contribution in [0.4, 0.5) is 0 Å². The molecule has 2 aliphatic heterocycles. The van der Waals surface area contributed by atoms with E-state index >= 15 is 0 Å². The summed E-state index contributed by atoms with van der Waals surface area (Å²) in [6.45, 7) is 6.30. The Bertz CT molecular complexity index is 586. The van der Waals surface area contributed by atoms with Gasteiger partial charge in [0.05, 0.1) is 0 Å². The third-order valence-electron chi connectivity index (χ3n) is 4.18. The van der Waals surface area contributed by atoms with Crippen molar-refractivity contribution in [2.75, 3.05) is 13.1 Å². The number of carbonyl (C=O) groups is 2. The maximum absolute atomic E-state index is 12.7. The maximum atomic E-state index is 12.7. The van der Waals surface area contributed by atoms with Crippen molar-refractivity contribution in [1.29, 1.82) is 0 Å². The normalized spacial score (nSPS) is 19.5. The fourth-order valence-corrected chi connectivity index (χ4v) is 2.84. The van der Waals surface area contributed by atoms with Crippen LogP contribution in [0.25, 0.3) is 0 Å². The van der Waals surface area contributed by atoms with E-state index in [2.05, 4.69) is 10.6 Å². The van der Waals surface area contributed by atoms with Gasteiger partial charge in [0, 0.05) is 31.7 Å². The van der Waals surface area contributed by atoms with Crippen molar-refractivity contribution in [2.24, 2.45) is 0 Å². The fourth-order valence-electron chi connectivity index (χ4n) is 2.84. The van der Waals surface area contributed by atoms with Gasteiger partial charge in [0.2, 0.25) is 5.91 Å². The zero-order chi connectivity index (χ0) is 14.3. The smallest absolute Gasteiger partial charge is 0.254 e. The minimum Gasteiger partial charge on any atom is -0.352 e. The lowest BCUT2D eigenvalue weighted by Gasteiger charge is -2.41. The first-order chi connectivity index (χ1) is 9.50. The molecule has 2 heterocycles.